The summed E-state index contributed by atoms with van der Waals surface area (Å²) in [6.07, 6.45) is 1.40. The van der Waals surface area contributed by atoms with E-state index in [1.54, 1.807) is 24.3 Å². The van der Waals surface area contributed by atoms with Gasteiger partial charge in [0, 0.05) is 32.5 Å². The van der Waals surface area contributed by atoms with E-state index in [9.17, 15) is 14.4 Å². The number of hydrogen-bond acceptors (Lipinski definition) is 7. The summed E-state index contributed by atoms with van der Waals surface area (Å²) >= 11 is 2.25. The van der Waals surface area contributed by atoms with Crippen molar-refractivity contribution in [2.24, 2.45) is 5.10 Å². The van der Waals surface area contributed by atoms with E-state index in [2.05, 4.69) is 38.1 Å². The maximum Gasteiger partial charge on any atom is 0.343 e. The molecule has 0 fully saturated rings. The highest BCUT2D eigenvalue weighted by Crippen LogP contribution is 2.33. The molecule has 5 rings (SSSR count). The molecule has 1 heterocycles. The molecule has 0 aliphatic carbocycles. The molecule has 1 aromatic heterocycles. The molecule has 0 aliphatic rings. The van der Waals surface area contributed by atoms with Crippen molar-refractivity contribution >= 4 is 57.6 Å². The van der Waals surface area contributed by atoms with Gasteiger partial charge in [-0.15, -0.1) is 0 Å². The van der Waals surface area contributed by atoms with Gasteiger partial charge in [-0.1, -0.05) is 42.5 Å². The van der Waals surface area contributed by atoms with E-state index in [0.717, 1.165) is 25.6 Å². The van der Waals surface area contributed by atoms with E-state index in [4.69, 9.17) is 14.2 Å². The highest BCUT2D eigenvalue weighted by atomic mass is 127. The Morgan fingerprint density at radius 3 is 2.38 bits per heavy atom. The molecule has 0 atom stereocenters. The van der Waals surface area contributed by atoms with Crippen molar-refractivity contribution in [3.05, 3.63) is 111 Å². The monoisotopic (exact) mass is 673 g/mol. The first-order valence-corrected chi connectivity index (χ1v) is 13.8. The highest BCUT2D eigenvalue weighted by molar-refractivity contribution is 14.1. The number of hydrazone groups is 1. The number of hydrogen-bond donors (Lipinski definition) is 2. The zero-order chi connectivity index (χ0) is 29.6. The molecule has 1 amide bonds. The average molecular weight is 673 g/mol. The summed E-state index contributed by atoms with van der Waals surface area (Å²) in [5.74, 6) is -0.976. The lowest BCUT2D eigenvalue weighted by Gasteiger charge is -2.11. The van der Waals surface area contributed by atoms with Crippen molar-refractivity contribution in [1.82, 2.24) is 10.4 Å². The van der Waals surface area contributed by atoms with Crippen molar-refractivity contribution in [2.45, 2.75) is 6.92 Å². The normalized spacial score (nSPS) is 10.9. The maximum atomic E-state index is 13.3. The van der Waals surface area contributed by atoms with Gasteiger partial charge in [0.15, 0.2) is 11.5 Å². The van der Waals surface area contributed by atoms with E-state index < -0.39 is 17.8 Å². The van der Waals surface area contributed by atoms with E-state index in [0.29, 0.717) is 11.3 Å². The second-order valence-electron chi connectivity index (χ2n) is 9.02. The Balaban J connectivity index is 1.36. The van der Waals surface area contributed by atoms with E-state index >= 15 is 0 Å². The minimum atomic E-state index is -0.659. The average Bonchev–Trinajstić information content (AvgIpc) is 3.37. The van der Waals surface area contributed by atoms with Crippen LogP contribution in [0, 0.1) is 3.57 Å². The number of para-hydroxylation sites is 1. The van der Waals surface area contributed by atoms with Gasteiger partial charge in [0.2, 0.25) is 0 Å². The lowest BCUT2D eigenvalue weighted by Crippen LogP contribution is -2.19. The Labute approximate surface area is 254 Å². The summed E-state index contributed by atoms with van der Waals surface area (Å²) in [5, 5.41) is 5.07. The fourth-order valence-electron chi connectivity index (χ4n) is 4.33. The molecular weight excluding hydrogens is 649 g/mol. The summed E-state index contributed by atoms with van der Waals surface area (Å²) in [6.45, 7) is 1.27. The molecule has 0 bridgehead atoms. The minimum Gasteiger partial charge on any atom is -0.493 e. The Hall–Kier alpha value is -4.97. The number of carbonyl (C=O) groups excluding carboxylic acids is 3. The molecule has 0 unspecified atom stereocenters. The number of rotatable bonds is 8. The third kappa shape index (κ3) is 6.33. The number of amides is 1. The SMILES string of the molecule is COc1cc(C(=O)Oc2ccccc2C=NNC(=O)c2[nH]c3ccc(I)cc3c2-c2ccccc2)ccc1OC(C)=O. The number of benzene rings is 4. The molecule has 0 aliphatic heterocycles. The van der Waals surface area contributed by atoms with Gasteiger partial charge >= 0.3 is 11.9 Å². The van der Waals surface area contributed by atoms with Gasteiger partial charge in [0.05, 0.1) is 18.9 Å². The largest absolute Gasteiger partial charge is 0.493 e. The fraction of sp³-hybridized carbons (Fsp3) is 0.0625. The van der Waals surface area contributed by atoms with Gasteiger partial charge in [0.1, 0.15) is 11.4 Å². The molecular formula is C32H24IN3O6. The maximum absolute atomic E-state index is 13.3. The number of nitrogens with one attached hydrogen (secondary N) is 2. The summed E-state index contributed by atoms with van der Waals surface area (Å²) in [7, 11) is 1.40. The lowest BCUT2D eigenvalue weighted by atomic mass is 10.0. The predicted molar refractivity (Wildman–Crippen MR) is 167 cm³/mol. The topological polar surface area (TPSA) is 119 Å². The van der Waals surface area contributed by atoms with E-state index in [1.165, 1.54) is 38.4 Å². The molecule has 0 saturated heterocycles. The number of halogens is 1. The molecule has 0 spiro atoms. The number of carbonyl (C=O) groups is 3. The van der Waals surface area contributed by atoms with Gasteiger partial charge in [-0.3, -0.25) is 9.59 Å². The van der Waals surface area contributed by atoms with Crippen molar-refractivity contribution in [3.8, 4) is 28.4 Å². The molecule has 0 radical (unpaired) electrons. The van der Waals surface area contributed by atoms with Crippen LogP contribution in [0.3, 0.4) is 0 Å². The van der Waals surface area contributed by atoms with Crippen LogP contribution in [0.15, 0.2) is 96.1 Å². The van der Waals surface area contributed by atoms with Gasteiger partial charge in [0.25, 0.3) is 5.91 Å². The Morgan fingerprint density at radius 2 is 1.62 bits per heavy atom. The molecule has 5 aromatic rings. The first-order valence-electron chi connectivity index (χ1n) is 12.7. The number of methoxy groups -OCH3 is 1. The molecule has 4 aromatic carbocycles. The summed E-state index contributed by atoms with van der Waals surface area (Å²) < 4.78 is 17.0. The van der Waals surface area contributed by atoms with Gasteiger partial charge < -0.3 is 19.2 Å². The number of H-pyrrole nitrogens is 1. The highest BCUT2D eigenvalue weighted by Gasteiger charge is 2.20. The fourth-order valence-corrected chi connectivity index (χ4v) is 4.82. The Kier molecular flexibility index (Phi) is 8.63. The number of nitrogens with zero attached hydrogens (tertiary/aromatic N) is 1. The van der Waals surface area contributed by atoms with Crippen LogP contribution < -0.4 is 19.6 Å². The van der Waals surface area contributed by atoms with Crippen LogP contribution in [0.4, 0.5) is 0 Å². The van der Waals surface area contributed by atoms with Crippen LogP contribution >= 0.6 is 22.6 Å². The Morgan fingerprint density at radius 1 is 0.857 bits per heavy atom. The van der Waals surface area contributed by atoms with Crippen LogP contribution in [-0.2, 0) is 4.79 Å². The number of aromatic nitrogens is 1. The molecule has 210 valence electrons. The molecule has 2 N–H and O–H groups in total. The van der Waals surface area contributed by atoms with Crippen molar-refractivity contribution in [2.75, 3.05) is 7.11 Å². The number of aromatic amines is 1. The van der Waals surface area contributed by atoms with Crippen LogP contribution in [0.5, 0.6) is 17.2 Å². The van der Waals surface area contributed by atoms with Crippen LogP contribution in [0.2, 0.25) is 0 Å². The minimum absolute atomic E-state index is 0.185. The first kappa shape index (κ1) is 28.6. The standard InChI is InChI=1S/C32H24IN3O6/c1-19(37)41-27-15-12-21(16-28(27)40-2)32(39)42-26-11-7-6-10-22(26)18-34-36-31(38)30-29(20-8-4-3-5-9-20)24-17-23(33)13-14-25(24)35-30/h3-18,35H,1-2H3,(H,36,38). The zero-order valence-electron chi connectivity index (χ0n) is 22.5. The lowest BCUT2D eigenvalue weighted by molar-refractivity contribution is -0.132. The van der Waals surface area contributed by atoms with E-state index in [1.807, 2.05) is 48.5 Å². The molecule has 10 heteroatoms. The third-order valence-electron chi connectivity index (χ3n) is 6.19. The summed E-state index contributed by atoms with van der Waals surface area (Å²) in [6, 6.07) is 26.7. The quantitative estimate of drug-likeness (QED) is 0.0651. The molecule has 0 saturated carbocycles. The van der Waals surface area contributed by atoms with Gasteiger partial charge in [-0.25, -0.2) is 10.2 Å². The second kappa shape index (κ2) is 12.7. The van der Waals surface area contributed by atoms with Crippen LogP contribution in [0.25, 0.3) is 22.0 Å². The van der Waals surface area contributed by atoms with Gasteiger partial charge in [-0.2, -0.15) is 5.10 Å². The van der Waals surface area contributed by atoms with E-state index in [-0.39, 0.29) is 22.8 Å². The zero-order valence-corrected chi connectivity index (χ0v) is 24.7. The van der Waals surface area contributed by atoms with Crippen LogP contribution in [-0.4, -0.2) is 36.2 Å². The van der Waals surface area contributed by atoms with Crippen LogP contribution in [0.1, 0.15) is 33.3 Å². The third-order valence-corrected chi connectivity index (χ3v) is 6.87. The summed E-state index contributed by atoms with van der Waals surface area (Å²) in [5.41, 5.74) is 6.11. The second-order valence-corrected chi connectivity index (χ2v) is 10.3. The smallest absolute Gasteiger partial charge is 0.343 e. The van der Waals surface area contributed by atoms with Crippen molar-refractivity contribution in [1.29, 1.82) is 0 Å². The Bertz CT molecular complexity index is 1830. The molecule has 9 nitrogen and oxygen atoms in total. The van der Waals surface area contributed by atoms with Crippen molar-refractivity contribution < 1.29 is 28.6 Å². The predicted octanol–water partition coefficient (Wildman–Crippen LogP) is 6.36. The number of esters is 2. The number of fused-ring (bicyclic) bond motifs is 1. The van der Waals surface area contributed by atoms with Crippen molar-refractivity contribution in [3.63, 3.8) is 0 Å². The number of ether oxygens (including phenoxy) is 3. The first-order chi connectivity index (χ1) is 20.3. The van der Waals surface area contributed by atoms with Gasteiger partial charge in [-0.05, 0) is 76.7 Å². The summed E-state index contributed by atoms with van der Waals surface area (Å²) in [4.78, 5) is 40.7. The molecule has 42 heavy (non-hydrogen) atoms.